The summed E-state index contributed by atoms with van der Waals surface area (Å²) < 4.78 is 12.1. The van der Waals surface area contributed by atoms with E-state index >= 15 is 0 Å². The van der Waals surface area contributed by atoms with Crippen molar-refractivity contribution in [1.82, 2.24) is 4.57 Å². The largest absolute Gasteiger partial charge is 0.495 e. The van der Waals surface area contributed by atoms with E-state index in [0.29, 0.717) is 11.8 Å². The van der Waals surface area contributed by atoms with Gasteiger partial charge in [0.2, 0.25) is 0 Å². The molecule has 1 aliphatic carbocycles. The quantitative estimate of drug-likeness (QED) is 0.178. The van der Waals surface area contributed by atoms with Crippen LogP contribution in [0.15, 0.2) is 89.4 Å². The van der Waals surface area contributed by atoms with E-state index in [1.165, 1.54) is 50.4 Å². The lowest BCUT2D eigenvalue weighted by atomic mass is 9.81. The first-order valence-corrected chi connectivity index (χ1v) is 15.5. The van der Waals surface area contributed by atoms with Gasteiger partial charge in [-0.3, -0.25) is 0 Å². The Balaban J connectivity index is 1.17. The van der Waals surface area contributed by atoms with Crippen LogP contribution in [0.2, 0.25) is 0 Å². The smallest absolute Gasteiger partial charge is 0.254 e. The molecule has 5 heteroatoms. The maximum Gasteiger partial charge on any atom is 0.254 e. The lowest BCUT2D eigenvalue weighted by Crippen LogP contribution is -2.38. The summed E-state index contributed by atoms with van der Waals surface area (Å²) in [4.78, 5) is 2.61. The zero-order valence-corrected chi connectivity index (χ0v) is 25.7. The number of hydrogen-bond acceptors (Lipinski definition) is 2. The summed E-state index contributed by atoms with van der Waals surface area (Å²) in [5, 5.41) is 0. The highest BCUT2D eigenvalue weighted by atomic mass is 79.9. The number of imidazole rings is 1. The molecule has 4 nitrogen and oxygen atoms in total. The van der Waals surface area contributed by atoms with E-state index in [4.69, 9.17) is 4.74 Å². The topological polar surface area (TPSA) is 21.3 Å². The van der Waals surface area contributed by atoms with Gasteiger partial charge in [0.15, 0.2) is 11.0 Å². The van der Waals surface area contributed by atoms with Gasteiger partial charge in [-0.2, -0.15) is 0 Å². The van der Waals surface area contributed by atoms with Gasteiger partial charge in [0.25, 0.3) is 5.82 Å². The molecule has 7 rings (SSSR count). The first kappa shape index (κ1) is 26.3. The fraction of sp³-hybridized carbons (Fsp3) is 0.306. The van der Waals surface area contributed by atoms with Gasteiger partial charge >= 0.3 is 0 Å². The molecule has 41 heavy (non-hydrogen) atoms. The molecule has 0 radical (unpaired) electrons. The number of anilines is 1. The molecule has 1 aliphatic heterocycles. The van der Waals surface area contributed by atoms with Crippen molar-refractivity contribution in [1.29, 1.82) is 0 Å². The van der Waals surface area contributed by atoms with Crippen molar-refractivity contribution >= 4 is 32.7 Å². The molecule has 0 saturated heterocycles. The molecule has 208 valence electrons. The molecule has 4 aromatic carbocycles. The van der Waals surface area contributed by atoms with Crippen LogP contribution in [0.1, 0.15) is 46.0 Å². The molecule has 5 aromatic rings. The Bertz CT molecular complexity index is 1740. The molecule has 0 saturated carbocycles. The monoisotopic (exact) mass is 606 g/mol. The van der Waals surface area contributed by atoms with Gasteiger partial charge in [-0.15, -0.1) is 0 Å². The second kappa shape index (κ2) is 10.7. The van der Waals surface area contributed by atoms with Crippen molar-refractivity contribution in [3.05, 3.63) is 123 Å². The number of fused-ring (bicyclic) bond motifs is 6. The summed E-state index contributed by atoms with van der Waals surface area (Å²) in [6, 6.07) is 31.2. The number of rotatable bonds is 7. The summed E-state index contributed by atoms with van der Waals surface area (Å²) in [6.45, 7) is 8.34. The highest BCUT2D eigenvalue weighted by molar-refractivity contribution is 9.10. The summed E-state index contributed by atoms with van der Waals surface area (Å²) in [5.74, 6) is 3.31. The Hall–Kier alpha value is -3.57. The van der Waals surface area contributed by atoms with Crippen LogP contribution in [-0.2, 0) is 19.5 Å². The van der Waals surface area contributed by atoms with Crippen LogP contribution >= 0.6 is 15.9 Å². The van der Waals surface area contributed by atoms with Gasteiger partial charge in [-0.25, -0.2) is 9.13 Å². The van der Waals surface area contributed by atoms with Crippen molar-refractivity contribution in [2.24, 2.45) is 5.92 Å². The second-order valence-corrected chi connectivity index (χ2v) is 12.7. The highest BCUT2D eigenvalue weighted by Crippen LogP contribution is 2.52. The van der Waals surface area contributed by atoms with E-state index in [-0.39, 0.29) is 0 Å². The van der Waals surface area contributed by atoms with Crippen LogP contribution in [0.25, 0.3) is 11.0 Å². The molecule has 0 unspecified atom stereocenters. The van der Waals surface area contributed by atoms with Crippen LogP contribution in [0.5, 0.6) is 5.75 Å². The first-order valence-electron chi connectivity index (χ1n) is 14.7. The van der Waals surface area contributed by atoms with Gasteiger partial charge in [0, 0.05) is 36.8 Å². The molecule has 0 amide bonds. The average molecular weight is 608 g/mol. The number of benzene rings is 4. The molecule has 2 heterocycles. The third-order valence-electron chi connectivity index (χ3n) is 9.27. The van der Waals surface area contributed by atoms with Crippen molar-refractivity contribution < 1.29 is 9.30 Å². The fourth-order valence-electron chi connectivity index (χ4n) is 7.35. The van der Waals surface area contributed by atoms with Crippen LogP contribution in [0.4, 0.5) is 5.69 Å². The van der Waals surface area contributed by atoms with Gasteiger partial charge in [0.1, 0.15) is 12.3 Å². The normalized spacial score (nSPS) is 17.4. The van der Waals surface area contributed by atoms with E-state index < -0.39 is 0 Å². The number of hydrogen-bond donors (Lipinski definition) is 0. The first-order chi connectivity index (χ1) is 20.0. The molecular weight excluding hydrogens is 570 g/mol. The van der Waals surface area contributed by atoms with Crippen molar-refractivity contribution in [2.75, 3.05) is 25.1 Å². The molecule has 0 bridgehead atoms. The third-order valence-corrected chi connectivity index (χ3v) is 9.76. The minimum atomic E-state index is 0.431. The number of nitrogens with zero attached hydrogens (tertiary/aromatic N) is 3. The number of para-hydroxylation sites is 3. The predicted molar refractivity (Wildman–Crippen MR) is 170 cm³/mol. The highest BCUT2D eigenvalue weighted by Gasteiger charge is 2.41. The van der Waals surface area contributed by atoms with Crippen molar-refractivity contribution in [2.45, 2.75) is 45.7 Å². The van der Waals surface area contributed by atoms with Crippen molar-refractivity contribution in [3.63, 3.8) is 0 Å². The number of aromatic nitrogens is 2. The summed E-state index contributed by atoms with van der Waals surface area (Å²) >= 11 is 3.72. The van der Waals surface area contributed by atoms with Gasteiger partial charge in [-0.05, 0) is 71.8 Å². The van der Waals surface area contributed by atoms with Gasteiger partial charge in [-0.1, -0.05) is 76.1 Å². The Morgan fingerprint density at radius 3 is 2.56 bits per heavy atom. The molecule has 2 atom stereocenters. The molecule has 0 spiro atoms. The Labute approximate surface area is 251 Å². The van der Waals surface area contributed by atoms with Crippen LogP contribution in [0, 0.1) is 19.8 Å². The second-order valence-electron chi connectivity index (χ2n) is 11.7. The summed E-state index contributed by atoms with van der Waals surface area (Å²) in [6.07, 6.45) is 2.21. The average Bonchev–Trinajstić information content (AvgIpc) is 3.48. The minimum Gasteiger partial charge on any atom is -0.495 e. The third kappa shape index (κ3) is 4.64. The molecule has 0 fully saturated rings. The van der Waals surface area contributed by atoms with Crippen LogP contribution in [0.3, 0.4) is 0 Å². The Morgan fingerprint density at radius 2 is 1.73 bits per heavy atom. The van der Waals surface area contributed by atoms with Gasteiger partial charge in [0.05, 0.1) is 19.3 Å². The van der Waals surface area contributed by atoms with E-state index in [1.54, 1.807) is 7.11 Å². The number of methoxy groups -OCH3 is 1. The lowest BCUT2D eigenvalue weighted by Gasteiger charge is -2.39. The minimum absolute atomic E-state index is 0.431. The number of aryl methyl sites for hydroxylation is 2. The van der Waals surface area contributed by atoms with E-state index in [1.807, 2.05) is 0 Å². The molecule has 1 aromatic heterocycles. The van der Waals surface area contributed by atoms with Crippen molar-refractivity contribution in [3.8, 4) is 5.75 Å². The standard InChI is InChI=1S/C36H37BrN3O/c1-24-12-14-26(15-13-24)22-40-25(2)39(32-9-4-5-10-33(32)40)19-7-18-38-23-28-20-27-16-17-29(37)21-31(27)35(28)30-8-6-11-34(41-3)36(30)38/h4-6,8-17,21,28,35H,7,18-20,22-23H2,1-3H3/q+1/t28-,35-/m0/s1. The maximum absolute atomic E-state index is 5.95. The Kier molecular flexibility index (Phi) is 6.86. The fourth-order valence-corrected chi connectivity index (χ4v) is 7.73. The lowest BCUT2D eigenvalue weighted by molar-refractivity contribution is -0.669. The van der Waals surface area contributed by atoms with Crippen LogP contribution < -0.4 is 14.2 Å². The van der Waals surface area contributed by atoms with E-state index in [2.05, 4.69) is 129 Å². The molecular formula is C36H37BrN3O+. The number of ether oxygens (including phenoxy) is 1. The molecule has 0 N–H and O–H groups in total. The van der Waals surface area contributed by atoms with E-state index in [0.717, 1.165) is 49.2 Å². The predicted octanol–water partition coefficient (Wildman–Crippen LogP) is 7.58. The van der Waals surface area contributed by atoms with E-state index in [9.17, 15) is 0 Å². The zero-order valence-electron chi connectivity index (χ0n) is 24.1. The van der Waals surface area contributed by atoms with Crippen LogP contribution in [-0.4, -0.2) is 24.8 Å². The Morgan fingerprint density at radius 1 is 0.902 bits per heavy atom. The van der Waals surface area contributed by atoms with Gasteiger partial charge < -0.3 is 9.64 Å². The molecule has 2 aliphatic rings. The number of halogens is 1. The zero-order chi connectivity index (χ0) is 28.1. The summed E-state index contributed by atoms with van der Waals surface area (Å²) in [5.41, 5.74) is 10.9. The SMILES string of the molecule is COc1cccc2c1N(CCCn1c(C)[n+](Cc3ccc(C)cc3)c3ccccc31)C[C@@H]1Cc3ccc(Br)cc3[C@H]21. The maximum atomic E-state index is 5.95. The summed E-state index contributed by atoms with van der Waals surface area (Å²) in [7, 11) is 1.81.